The highest BCUT2D eigenvalue weighted by molar-refractivity contribution is 6.46. The van der Waals surface area contributed by atoms with Crippen LogP contribution in [-0.2, 0) is 25.7 Å². The van der Waals surface area contributed by atoms with Gasteiger partial charge in [0.2, 0.25) is 5.91 Å². The van der Waals surface area contributed by atoms with Crippen molar-refractivity contribution in [1.29, 1.82) is 0 Å². The first-order valence-corrected chi connectivity index (χ1v) is 10.3. The average molecular weight is 432 g/mol. The zero-order valence-corrected chi connectivity index (χ0v) is 18.3. The predicted octanol–water partition coefficient (Wildman–Crippen LogP) is 1.58. The minimum Gasteiger partial charge on any atom is -0.356 e. The van der Waals surface area contributed by atoms with E-state index in [9.17, 15) is 23.6 Å². The molecular weight excluding hydrogens is 403 g/mol. The maximum Gasteiger partial charge on any atom is 0.298 e. The summed E-state index contributed by atoms with van der Waals surface area (Å²) in [4.78, 5) is 55.0. The van der Waals surface area contributed by atoms with Crippen molar-refractivity contribution < 1.29 is 23.6 Å². The Kier molecular flexibility index (Phi) is 8.01. The number of ketones is 1. The molecule has 0 spiro atoms. The van der Waals surface area contributed by atoms with E-state index in [0.29, 0.717) is 30.8 Å². The van der Waals surface area contributed by atoms with E-state index >= 15 is 0 Å². The summed E-state index contributed by atoms with van der Waals surface area (Å²) in [5.74, 6) is -2.51. The molecule has 1 heterocycles. The Morgan fingerprint density at radius 2 is 1.77 bits per heavy atom. The van der Waals surface area contributed by atoms with Gasteiger partial charge in [-0.05, 0) is 24.1 Å². The number of hydrogen-bond acceptors (Lipinski definition) is 5. The van der Waals surface area contributed by atoms with E-state index < -0.39 is 34.9 Å². The molecule has 0 aliphatic carbocycles. The Balaban J connectivity index is 2.12. The quantitative estimate of drug-likeness (QED) is 0.369. The number of hydrogen-bond donors (Lipinski definition) is 2. The molecule has 0 saturated heterocycles. The van der Waals surface area contributed by atoms with E-state index in [-0.39, 0.29) is 19.0 Å². The van der Waals surface area contributed by atoms with Gasteiger partial charge in [0.05, 0.1) is 0 Å². The second-order valence-electron chi connectivity index (χ2n) is 8.33. The van der Waals surface area contributed by atoms with Crippen LogP contribution < -0.4 is 10.6 Å². The lowest BCUT2D eigenvalue weighted by Gasteiger charge is -2.36. The monoisotopic (exact) mass is 432 g/mol. The van der Waals surface area contributed by atoms with Crippen molar-refractivity contribution in [2.24, 2.45) is 10.4 Å². The molecule has 3 amide bonds. The topological polar surface area (TPSA) is 108 Å². The molecule has 0 fully saturated rings. The summed E-state index contributed by atoms with van der Waals surface area (Å²) < 4.78 is 13.0. The van der Waals surface area contributed by atoms with Gasteiger partial charge in [-0.3, -0.25) is 24.1 Å². The van der Waals surface area contributed by atoms with Crippen molar-refractivity contribution in [2.75, 3.05) is 13.1 Å². The molecule has 1 aromatic carbocycles. The van der Waals surface area contributed by atoms with Crippen LogP contribution in [-0.4, -0.2) is 53.4 Å². The van der Waals surface area contributed by atoms with Gasteiger partial charge in [-0.1, -0.05) is 39.8 Å². The third-order valence-electron chi connectivity index (χ3n) is 4.71. The van der Waals surface area contributed by atoms with Crippen molar-refractivity contribution in [3.63, 3.8) is 0 Å². The van der Waals surface area contributed by atoms with Gasteiger partial charge in [0.15, 0.2) is 6.04 Å². The van der Waals surface area contributed by atoms with Crippen molar-refractivity contribution in [1.82, 2.24) is 15.5 Å². The third-order valence-corrected chi connectivity index (χ3v) is 4.71. The van der Waals surface area contributed by atoms with Crippen LogP contribution >= 0.6 is 0 Å². The number of benzene rings is 1. The lowest BCUT2D eigenvalue weighted by atomic mass is 9.91. The largest absolute Gasteiger partial charge is 0.356 e. The van der Waals surface area contributed by atoms with Gasteiger partial charge >= 0.3 is 0 Å². The number of rotatable bonds is 8. The first-order chi connectivity index (χ1) is 14.5. The zero-order valence-electron chi connectivity index (χ0n) is 18.3. The smallest absolute Gasteiger partial charge is 0.298 e. The van der Waals surface area contributed by atoms with Gasteiger partial charge in [-0.25, -0.2) is 9.38 Å². The van der Waals surface area contributed by atoms with Gasteiger partial charge in [0, 0.05) is 31.5 Å². The molecule has 1 aromatic rings. The van der Waals surface area contributed by atoms with E-state index in [1.807, 2.05) is 20.8 Å². The molecule has 2 rings (SSSR count). The van der Waals surface area contributed by atoms with Crippen LogP contribution in [0.2, 0.25) is 0 Å². The minimum atomic E-state index is -1.46. The standard InChI is InChI=1S/C22H29FN4O4/c1-5-16(28)24-11-6-12-27-20(31)18(29)17(26-21(27)22(2,3)4)19(30)25-13-14-7-9-15(23)10-8-14/h7-10,17H,5-6,11-13H2,1-4H3,(H,24,28)(H,25,30). The molecule has 1 atom stereocenters. The molecule has 8 nitrogen and oxygen atoms in total. The number of carbonyl (C=O) groups is 4. The highest BCUT2D eigenvalue weighted by Crippen LogP contribution is 2.24. The van der Waals surface area contributed by atoms with Crippen LogP contribution in [0.3, 0.4) is 0 Å². The van der Waals surface area contributed by atoms with Crippen LogP contribution in [0.15, 0.2) is 29.3 Å². The van der Waals surface area contributed by atoms with E-state index in [0.717, 1.165) is 0 Å². The van der Waals surface area contributed by atoms with E-state index in [2.05, 4.69) is 15.6 Å². The molecule has 2 N–H and O–H groups in total. The lowest BCUT2D eigenvalue weighted by molar-refractivity contribution is -0.146. The molecule has 1 unspecified atom stereocenters. The molecule has 1 aliphatic rings. The normalized spacial score (nSPS) is 16.7. The Bertz CT molecular complexity index is 874. The first-order valence-electron chi connectivity index (χ1n) is 10.3. The number of carbonyl (C=O) groups excluding carboxylic acids is 4. The van der Waals surface area contributed by atoms with Crippen molar-refractivity contribution >= 4 is 29.3 Å². The molecule has 168 valence electrons. The fraction of sp³-hybridized carbons (Fsp3) is 0.500. The van der Waals surface area contributed by atoms with Crippen LogP contribution in [0.1, 0.15) is 46.1 Å². The summed E-state index contributed by atoms with van der Waals surface area (Å²) >= 11 is 0. The summed E-state index contributed by atoms with van der Waals surface area (Å²) in [5.41, 5.74) is 0.0681. The van der Waals surface area contributed by atoms with Crippen LogP contribution in [0.4, 0.5) is 4.39 Å². The first kappa shape index (κ1) is 24.2. The number of amidine groups is 1. The Hall–Kier alpha value is -3.10. The van der Waals surface area contributed by atoms with E-state index in [4.69, 9.17) is 0 Å². The van der Waals surface area contributed by atoms with E-state index in [1.165, 1.54) is 29.2 Å². The Labute approximate surface area is 181 Å². The Morgan fingerprint density at radius 1 is 1.13 bits per heavy atom. The maximum absolute atomic E-state index is 13.0. The zero-order chi connectivity index (χ0) is 23.2. The molecule has 0 radical (unpaired) electrons. The third kappa shape index (κ3) is 6.44. The fourth-order valence-electron chi connectivity index (χ4n) is 3.06. The fourth-order valence-corrected chi connectivity index (χ4v) is 3.06. The summed E-state index contributed by atoms with van der Waals surface area (Å²) in [6, 6.07) is 4.12. The summed E-state index contributed by atoms with van der Waals surface area (Å²) in [6.45, 7) is 7.92. The number of amides is 3. The average Bonchev–Trinajstić information content (AvgIpc) is 2.72. The molecule has 0 saturated carbocycles. The van der Waals surface area contributed by atoms with Gasteiger partial charge in [0.1, 0.15) is 11.7 Å². The number of aliphatic imine (C=N–C) groups is 1. The van der Waals surface area contributed by atoms with Crippen molar-refractivity contribution in [3.8, 4) is 0 Å². The van der Waals surface area contributed by atoms with E-state index in [1.54, 1.807) is 6.92 Å². The summed E-state index contributed by atoms with van der Waals surface area (Å²) in [6.07, 6.45) is 0.811. The Morgan fingerprint density at radius 3 is 2.35 bits per heavy atom. The highest BCUT2D eigenvalue weighted by atomic mass is 19.1. The van der Waals surface area contributed by atoms with Gasteiger partial charge in [-0.2, -0.15) is 0 Å². The second-order valence-corrected chi connectivity index (χ2v) is 8.33. The number of halogens is 1. The van der Waals surface area contributed by atoms with Crippen molar-refractivity contribution in [2.45, 2.75) is 53.1 Å². The van der Waals surface area contributed by atoms with Crippen LogP contribution in [0.25, 0.3) is 0 Å². The summed E-state index contributed by atoms with van der Waals surface area (Å²) in [5, 5.41) is 5.31. The number of nitrogens with one attached hydrogen (secondary N) is 2. The SMILES string of the molecule is CCC(=O)NCCCN1C(=O)C(=O)C(C(=O)NCc2ccc(F)cc2)N=C1C(C)(C)C. The number of nitrogens with zero attached hydrogens (tertiary/aromatic N) is 2. The minimum absolute atomic E-state index is 0.0816. The van der Waals surface area contributed by atoms with Gasteiger partial charge in [0.25, 0.3) is 17.6 Å². The predicted molar refractivity (Wildman–Crippen MR) is 114 cm³/mol. The number of Topliss-reactive ketones (excluding diaryl/α,β-unsaturated/α-hetero) is 1. The van der Waals surface area contributed by atoms with Crippen LogP contribution in [0, 0.1) is 11.2 Å². The van der Waals surface area contributed by atoms with Crippen molar-refractivity contribution in [3.05, 3.63) is 35.6 Å². The molecule has 0 bridgehead atoms. The van der Waals surface area contributed by atoms with Gasteiger partial charge < -0.3 is 10.6 Å². The molecule has 31 heavy (non-hydrogen) atoms. The second kappa shape index (κ2) is 10.3. The summed E-state index contributed by atoms with van der Waals surface area (Å²) in [7, 11) is 0. The van der Waals surface area contributed by atoms with Crippen LogP contribution in [0.5, 0.6) is 0 Å². The molecule has 9 heteroatoms. The molecule has 1 aliphatic heterocycles. The van der Waals surface area contributed by atoms with Gasteiger partial charge in [-0.15, -0.1) is 0 Å². The molecule has 0 aromatic heterocycles. The maximum atomic E-state index is 13.0. The molecular formula is C22H29FN4O4. The highest BCUT2D eigenvalue weighted by Gasteiger charge is 2.43. The lowest BCUT2D eigenvalue weighted by Crippen LogP contribution is -2.57.